The maximum absolute atomic E-state index is 5.36. The number of rotatable bonds is 9. The summed E-state index contributed by atoms with van der Waals surface area (Å²) in [7, 11) is 0. The molecule has 2 N–H and O–H groups in total. The maximum Gasteiger partial charge on any atom is 0.191 e. The average molecular weight is 358 g/mol. The molecule has 3 heterocycles. The van der Waals surface area contributed by atoms with Crippen LogP contribution in [0.2, 0.25) is 0 Å². The molecule has 132 valence electrons. The van der Waals surface area contributed by atoms with Crippen LogP contribution >= 0.6 is 11.3 Å². The van der Waals surface area contributed by atoms with Gasteiger partial charge in [0.2, 0.25) is 0 Å². The van der Waals surface area contributed by atoms with Crippen LogP contribution in [0.4, 0.5) is 0 Å². The highest BCUT2D eigenvalue weighted by atomic mass is 32.1. The molecule has 7 nitrogen and oxygen atoms in total. The Kier molecular flexibility index (Phi) is 6.63. The zero-order valence-corrected chi connectivity index (χ0v) is 14.8. The molecule has 0 aliphatic carbocycles. The maximum atomic E-state index is 5.36. The molecule has 0 unspecified atom stereocenters. The topological polar surface area (TPSA) is 80.3 Å². The van der Waals surface area contributed by atoms with Gasteiger partial charge in [0.05, 0.1) is 19.0 Å². The van der Waals surface area contributed by atoms with Crippen LogP contribution in [0.15, 0.2) is 57.7 Å². The lowest BCUT2D eigenvalue weighted by Crippen LogP contribution is -2.39. The Morgan fingerprint density at radius 3 is 2.96 bits per heavy atom. The summed E-state index contributed by atoms with van der Waals surface area (Å²) in [5.41, 5.74) is 0. The smallest absolute Gasteiger partial charge is 0.191 e. The minimum Gasteiger partial charge on any atom is -0.469 e. The quantitative estimate of drug-likeness (QED) is 0.348. The first kappa shape index (κ1) is 17.2. The lowest BCUT2D eigenvalue weighted by Gasteiger charge is -2.12. The summed E-state index contributed by atoms with van der Waals surface area (Å²) in [6.45, 7) is 3.10. The van der Waals surface area contributed by atoms with Gasteiger partial charge in [-0.1, -0.05) is 11.3 Å². The van der Waals surface area contributed by atoms with Crippen molar-refractivity contribution in [2.24, 2.45) is 4.99 Å². The third kappa shape index (κ3) is 6.07. The number of thiophene rings is 1. The second kappa shape index (κ2) is 9.63. The van der Waals surface area contributed by atoms with Crippen LogP contribution in [-0.4, -0.2) is 34.0 Å². The van der Waals surface area contributed by atoms with Crippen LogP contribution in [0.3, 0.4) is 0 Å². The summed E-state index contributed by atoms with van der Waals surface area (Å²) in [4.78, 5) is 5.90. The van der Waals surface area contributed by atoms with E-state index in [9.17, 15) is 0 Å². The zero-order valence-electron chi connectivity index (χ0n) is 14.0. The van der Waals surface area contributed by atoms with E-state index < -0.39 is 0 Å². The van der Waals surface area contributed by atoms with E-state index in [2.05, 4.69) is 37.4 Å². The van der Waals surface area contributed by atoms with Crippen molar-refractivity contribution < 1.29 is 4.42 Å². The lowest BCUT2D eigenvalue weighted by molar-refractivity contribution is 0.506. The Hall–Kier alpha value is -2.61. The van der Waals surface area contributed by atoms with Gasteiger partial charge in [-0.15, -0.1) is 16.4 Å². The number of aromatic nitrogens is 3. The Bertz CT molecular complexity index is 721. The van der Waals surface area contributed by atoms with E-state index in [1.54, 1.807) is 23.8 Å². The first-order valence-corrected chi connectivity index (χ1v) is 9.19. The van der Waals surface area contributed by atoms with Gasteiger partial charge in [0, 0.05) is 37.1 Å². The number of nitrogens with one attached hydrogen (secondary N) is 2. The van der Waals surface area contributed by atoms with Crippen molar-refractivity contribution in [3.63, 3.8) is 0 Å². The summed E-state index contributed by atoms with van der Waals surface area (Å²) < 4.78 is 7.19. The van der Waals surface area contributed by atoms with Gasteiger partial charge in [-0.25, -0.2) is 4.99 Å². The van der Waals surface area contributed by atoms with Crippen molar-refractivity contribution >= 4 is 17.3 Å². The van der Waals surface area contributed by atoms with Crippen molar-refractivity contribution in [2.75, 3.05) is 13.1 Å². The molecule has 3 aromatic rings. The van der Waals surface area contributed by atoms with Gasteiger partial charge in [-0.3, -0.25) is 4.68 Å². The molecule has 0 aliphatic rings. The SMILES string of the molecule is c1coc(CCNC(=NCc2cccs2)NCCCn2ccnn2)c1. The molecule has 3 aromatic heterocycles. The lowest BCUT2D eigenvalue weighted by atomic mass is 10.3. The van der Waals surface area contributed by atoms with E-state index >= 15 is 0 Å². The number of nitrogens with zero attached hydrogens (tertiary/aromatic N) is 4. The molecule has 0 aliphatic heterocycles. The first-order chi connectivity index (χ1) is 12.4. The fraction of sp³-hybridized carbons (Fsp3) is 0.353. The minimum absolute atomic E-state index is 0.677. The van der Waals surface area contributed by atoms with Gasteiger partial charge in [-0.2, -0.15) is 0 Å². The van der Waals surface area contributed by atoms with Crippen molar-refractivity contribution in [2.45, 2.75) is 25.9 Å². The standard InChI is InChI=1S/C17H22N6OS/c1-4-15(24-12-1)6-8-19-17(20-14-16-5-2-13-25-16)18-7-3-10-23-11-9-21-22-23/h1-2,4-5,9,11-13H,3,6-8,10,14H2,(H2,18,19,20). The highest BCUT2D eigenvalue weighted by Crippen LogP contribution is 2.09. The number of aliphatic imine (C=N–C) groups is 1. The fourth-order valence-corrected chi connectivity index (χ4v) is 2.92. The third-order valence-corrected chi connectivity index (χ3v) is 4.41. The van der Waals surface area contributed by atoms with Gasteiger partial charge >= 0.3 is 0 Å². The van der Waals surface area contributed by atoms with Crippen LogP contribution in [0.25, 0.3) is 0 Å². The van der Waals surface area contributed by atoms with Gasteiger partial charge in [0.15, 0.2) is 5.96 Å². The van der Waals surface area contributed by atoms with E-state index in [0.29, 0.717) is 6.54 Å². The summed E-state index contributed by atoms with van der Waals surface area (Å²) >= 11 is 1.72. The molecule has 0 saturated heterocycles. The van der Waals surface area contributed by atoms with Crippen LogP contribution in [0.1, 0.15) is 17.1 Å². The van der Waals surface area contributed by atoms with Gasteiger partial charge in [0.1, 0.15) is 5.76 Å². The molecule has 0 bridgehead atoms. The molecule has 3 rings (SSSR count). The summed E-state index contributed by atoms with van der Waals surface area (Å²) in [6.07, 6.45) is 7.03. The molecular weight excluding hydrogens is 336 g/mol. The van der Waals surface area contributed by atoms with Crippen molar-refractivity contribution in [3.05, 3.63) is 58.9 Å². The number of furan rings is 1. The van der Waals surface area contributed by atoms with E-state index in [4.69, 9.17) is 4.42 Å². The van der Waals surface area contributed by atoms with Crippen LogP contribution in [0, 0.1) is 0 Å². The van der Waals surface area contributed by atoms with Crippen molar-refractivity contribution in [3.8, 4) is 0 Å². The van der Waals surface area contributed by atoms with E-state index in [1.165, 1.54) is 4.88 Å². The van der Waals surface area contributed by atoms with Gasteiger partial charge in [0.25, 0.3) is 0 Å². The first-order valence-electron chi connectivity index (χ1n) is 8.31. The third-order valence-electron chi connectivity index (χ3n) is 3.55. The van der Waals surface area contributed by atoms with E-state index in [0.717, 1.165) is 44.2 Å². The van der Waals surface area contributed by atoms with E-state index in [-0.39, 0.29) is 0 Å². The van der Waals surface area contributed by atoms with E-state index in [1.807, 2.05) is 29.1 Å². The van der Waals surface area contributed by atoms with Gasteiger partial charge < -0.3 is 15.1 Å². The Morgan fingerprint density at radius 1 is 1.24 bits per heavy atom. The number of hydrogen-bond acceptors (Lipinski definition) is 5. The predicted octanol–water partition coefficient (Wildman–Crippen LogP) is 2.30. The number of aryl methyl sites for hydroxylation is 1. The Balaban J connectivity index is 1.45. The normalized spacial score (nSPS) is 11.6. The second-order valence-corrected chi connectivity index (χ2v) is 6.48. The Morgan fingerprint density at radius 2 is 2.20 bits per heavy atom. The summed E-state index contributed by atoms with van der Waals surface area (Å²) in [5.74, 6) is 1.79. The molecule has 0 amide bonds. The van der Waals surface area contributed by atoms with Crippen LogP contribution in [-0.2, 0) is 19.5 Å². The molecule has 0 spiro atoms. The summed E-state index contributed by atoms with van der Waals surface area (Å²) in [5, 5.41) is 16.6. The highest BCUT2D eigenvalue weighted by Gasteiger charge is 2.01. The average Bonchev–Trinajstić information content (AvgIpc) is 3.39. The predicted molar refractivity (Wildman–Crippen MR) is 98.5 cm³/mol. The fourth-order valence-electron chi connectivity index (χ4n) is 2.29. The molecule has 0 atom stereocenters. The molecule has 0 fully saturated rings. The monoisotopic (exact) mass is 358 g/mol. The Labute approximate surface area is 150 Å². The molecule has 0 saturated carbocycles. The molecule has 8 heteroatoms. The largest absolute Gasteiger partial charge is 0.469 e. The highest BCUT2D eigenvalue weighted by molar-refractivity contribution is 7.09. The zero-order chi connectivity index (χ0) is 17.2. The van der Waals surface area contributed by atoms with Crippen molar-refractivity contribution in [1.82, 2.24) is 25.6 Å². The molecule has 0 radical (unpaired) electrons. The minimum atomic E-state index is 0.677. The second-order valence-electron chi connectivity index (χ2n) is 5.45. The molecule has 0 aromatic carbocycles. The molecular formula is C17H22N6OS. The van der Waals surface area contributed by atoms with Crippen LogP contribution in [0.5, 0.6) is 0 Å². The van der Waals surface area contributed by atoms with Gasteiger partial charge in [-0.05, 0) is 30.0 Å². The number of hydrogen-bond donors (Lipinski definition) is 2. The molecule has 25 heavy (non-hydrogen) atoms. The summed E-state index contributed by atoms with van der Waals surface area (Å²) in [6, 6.07) is 8.03. The van der Waals surface area contributed by atoms with Crippen LogP contribution < -0.4 is 10.6 Å². The number of guanidine groups is 1. The van der Waals surface area contributed by atoms with Crippen molar-refractivity contribution in [1.29, 1.82) is 0 Å².